The molecule has 0 N–H and O–H groups in total. The molecule has 8 rings (SSSR count). The van der Waals surface area contributed by atoms with Gasteiger partial charge < -0.3 is 0 Å². The van der Waals surface area contributed by atoms with Gasteiger partial charge >= 0.3 is 0 Å². The third-order valence-corrected chi connectivity index (χ3v) is 9.72. The molecule has 0 bridgehead atoms. The van der Waals surface area contributed by atoms with Crippen molar-refractivity contribution in [2.24, 2.45) is 0 Å². The molecule has 1 aliphatic rings. The van der Waals surface area contributed by atoms with E-state index >= 15 is 0 Å². The van der Waals surface area contributed by atoms with E-state index in [0.717, 1.165) is 0 Å². The summed E-state index contributed by atoms with van der Waals surface area (Å²) < 4.78 is 0. The topological polar surface area (TPSA) is 12.9 Å². The van der Waals surface area contributed by atoms with E-state index in [0.29, 0.717) is 0 Å². The number of nitrogens with zero attached hydrogens (tertiary/aromatic N) is 1. The van der Waals surface area contributed by atoms with Crippen LogP contribution in [-0.2, 0) is 5.41 Å². The molecule has 1 heterocycles. The fraction of sp³-hybridized carbons (Fsp3) is 0.0789. The second-order valence-corrected chi connectivity index (χ2v) is 12.3. The molecule has 0 aliphatic heterocycles. The first kappa shape index (κ1) is 23.5. The molecule has 2 heteroatoms. The molecule has 7 aromatic rings. The van der Waals surface area contributed by atoms with Crippen molar-refractivity contribution in [3.8, 4) is 22.3 Å². The van der Waals surface area contributed by atoms with Crippen LogP contribution in [0.3, 0.4) is 0 Å². The Balaban J connectivity index is 1.33. The molecule has 0 atom stereocenters. The van der Waals surface area contributed by atoms with Crippen LogP contribution in [0.5, 0.6) is 0 Å². The van der Waals surface area contributed by atoms with Crippen molar-refractivity contribution in [3.63, 3.8) is 0 Å². The summed E-state index contributed by atoms with van der Waals surface area (Å²) in [5, 5.41) is 7.47. The van der Waals surface area contributed by atoms with Gasteiger partial charge in [-0.1, -0.05) is 117 Å². The molecular formula is C38H27NS. The summed E-state index contributed by atoms with van der Waals surface area (Å²) in [5.74, 6) is 0. The van der Waals surface area contributed by atoms with Crippen molar-refractivity contribution >= 4 is 44.1 Å². The highest BCUT2D eigenvalue weighted by atomic mass is 32.2. The predicted octanol–water partition coefficient (Wildman–Crippen LogP) is 10.7. The fourth-order valence-electron chi connectivity index (χ4n) is 6.61. The van der Waals surface area contributed by atoms with E-state index in [-0.39, 0.29) is 5.41 Å². The number of pyridine rings is 1. The molecule has 1 aliphatic carbocycles. The molecule has 1 aromatic heterocycles. The van der Waals surface area contributed by atoms with Gasteiger partial charge in [-0.05, 0) is 84.6 Å². The summed E-state index contributed by atoms with van der Waals surface area (Å²) in [6, 6.07) is 42.3. The van der Waals surface area contributed by atoms with Gasteiger partial charge in [-0.3, -0.25) is 4.98 Å². The first-order chi connectivity index (χ1) is 19.6. The Bertz CT molecular complexity index is 2060. The minimum Gasteiger partial charge on any atom is -0.264 e. The number of hydrogen-bond donors (Lipinski definition) is 0. The lowest BCUT2D eigenvalue weighted by Crippen LogP contribution is -2.14. The molecule has 0 amide bonds. The van der Waals surface area contributed by atoms with Gasteiger partial charge in [0.05, 0.1) is 0 Å². The van der Waals surface area contributed by atoms with E-state index in [1.165, 1.54) is 75.5 Å². The van der Waals surface area contributed by atoms with Crippen LogP contribution in [0.25, 0.3) is 54.6 Å². The predicted molar refractivity (Wildman–Crippen MR) is 170 cm³/mol. The van der Waals surface area contributed by atoms with E-state index in [4.69, 9.17) is 0 Å². The van der Waals surface area contributed by atoms with E-state index in [9.17, 15) is 0 Å². The minimum absolute atomic E-state index is 0.0174. The smallest absolute Gasteiger partial charge is 0.0353 e. The van der Waals surface area contributed by atoms with Crippen molar-refractivity contribution in [1.82, 2.24) is 4.98 Å². The molecule has 190 valence electrons. The largest absolute Gasteiger partial charge is 0.264 e. The maximum atomic E-state index is 4.60. The Labute approximate surface area is 238 Å². The highest BCUT2D eigenvalue weighted by Gasteiger charge is 2.35. The Hall–Kier alpha value is -4.40. The van der Waals surface area contributed by atoms with Gasteiger partial charge in [0.1, 0.15) is 0 Å². The van der Waals surface area contributed by atoms with Crippen LogP contribution in [0.4, 0.5) is 0 Å². The lowest BCUT2D eigenvalue weighted by atomic mass is 9.82. The van der Waals surface area contributed by atoms with Gasteiger partial charge in [-0.15, -0.1) is 0 Å². The van der Waals surface area contributed by atoms with Crippen molar-refractivity contribution in [1.29, 1.82) is 0 Å². The molecule has 0 saturated carbocycles. The maximum Gasteiger partial charge on any atom is 0.0353 e. The molecule has 0 radical (unpaired) electrons. The van der Waals surface area contributed by atoms with E-state index in [1.54, 1.807) is 0 Å². The van der Waals surface area contributed by atoms with Crippen molar-refractivity contribution in [2.75, 3.05) is 0 Å². The number of benzene rings is 6. The maximum absolute atomic E-state index is 4.60. The highest BCUT2D eigenvalue weighted by Crippen LogP contribution is 2.51. The molecule has 0 fully saturated rings. The first-order valence-electron chi connectivity index (χ1n) is 13.8. The van der Waals surface area contributed by atoms with E-state index < -0.39 is 0 Å². The lowest BCUT2D eigenvalue weighted by molar-refractivity contribution is 0.658. The third-order valence-electron chi connectivity index (χ3n) is 8.59. The highest BCUT2D eigenvalue weighted by molar-refractivity contribution is 7.99. The van der Waals surface area contributed by atoms with Crippen LogP contribution in [-0.4, -0.2) is 4.98 Å². The Morgan fingerprint density at radius 2 is 1.30 bits per heavy atom. The second-order valence-electron chi connectivity index (χ2n) is 11.2. The third kappa shape index (κ3) is 3.46. The standard InChI is InChI=1S/C38H27NS/c1-38(2)34-14-8-7-11-28(34)29-18-17-27(22-35(29)38)40-37-31-13-6-5-12-30(31)36(33-23-39-20-19-32(33)37)26-16-15-24-9-3-4-10-25(24)21-26/h3-23H,1-2H3. The zero-order valence-electron chi connectivity index (χ0n) is 22.5. The fourth-order valence-corrected chi connectivity index (χ4v) is 7.74. The van der Waals surface area contributed by atoms with Gasteiger partial charge in [0.2, 0.25) is 0 Å². The summed E-state index contributed by atoms with van der Waals surface area (Å²) in [6.07, 6.45) is 3.96. The first-order valence-corrected chi connectivity index (χ1v) is 14.6. The lowest BCUT2D eigenvalue weighted by Gasteiger charge is -2.22. The van der Waals surface area contributed by atoms with Crippen LogP contribution in [0.2, 0.25) is 0 Å². The van der Waals surface area contributed by atoms with Gasteiger partial charge in [0.25, 0.3) is 0 Å². The number of hydrogen-bond acceptors (Lipinski definition) is 2. The van der Waals surface area contributed by atoms with Crippen LogP contribution in [0.15, 0.2) is 137 Å². The number of fused-ring (bicyclic) bond motifs is 6. The average molecular weight is 530 g/mol. The molecule has 6 aromatic carbocycles. The Morgan fingerprint density at radius 3 is 2.20 bits per heavy atom. The summed E-state index contributed by atoms with van der Waals surface area (Å²) in [6.45, 7) is 4.70. The van der Waals surface area contributed by atoms with Gasteiger partial charge in [0.15, 0.2) is 0 Å². The van der Waals surface area contributed by atoms with Crippen molar-refractivity contribution in [3.05, 3.63) is 139 Å². The minimum atomic E-state index is -0.0174. The Morgan fingerprint density at radius 1 is 0.575 bits per heavy atom. The van der Waals surface area contributed by atoms with Crippen LogP contribution < -0.4 is 0 Å². The van der Waals surface area contributed by atoms with Gasteiger partial charge in [0, 0.05) is 33.0 Å². The van der Waals surface area contributed by atoms with Crippen molar-refractivity contribution < 1.29 is 0 Å². The molecular weight excluding hydrogens is 502 g/mol. The van der Waals surface area contributed by atoms with Gasteiger partial charge in [-0.2, -0.15) is 0 Å². The molecule has 0 saturated heterocycles. The summed E-state index contributed by atoms with van der Waals surface area (Å²) >= 11 is 1.87. The number of rotatable bonds is 3. The summed E-state index contributed by atoms with van der Waals surface area (Å²) in [7, 11) is 0. The van der Waals surface area contributed by atoms with Crippen LogP contribution >= 0.6 is 11.8 Å². The SMILES string of the molecule is CC1(C)c2ccccc2-c2ccc(Sc3c4ccccc4c(-c4ccc5ccccc5c4)c4cnccc34)cc21. The van der Waals surface area contributed by atoms with Crippen LogP contribution in [0, 0.1) is 0 Å². The second kappa shape index (κ2) is 8.81. The van der Waals surface area contributed by atoms with E-state index in [2.05, 4.69) is 134 Å². The molecule has 40 heavy (non-hydrogen) atoms. The summed E-state index contributed by atoms with van der Waals surface area (Å²) in [4.78, 5) is 7.14. The monoisotopic (exact) mass is 529 g/mol. The van der Waals surface area contributed by atoms with Gasteiger partial charge in [-0.25, -0.2) is 0 Å². The van der Waals surface area contributed by atoms with Crippen LogP contribution in [0.1, 0.15) is 25.0 Å². The number of aromatic nitrogens is 1. The zero-order valence-corrected chi connectivity index (χ0v) is 23.3. The van der Waals surface area contributed by atoms with E-state index in [1.807, 2.05) is 24.2 Å². The average Bonchev–Trinajstić information content (AvgIpc) is 3.23. The van der Waals surface area contributed by atoms with Crippen molar-refractivity contribution in [2.45, 2.75) is 29.1 Å². The molecule has 1 nitrogen and oxygen atoms in total. The molecule has 0 unspecified atom stereocenters. The normalized spacial score (nSPS) is 13.6. The summed E-state index contributed by atoms with van der Waals surface area (Å²) in [5.41, 5.74) is 7.99. The quantitative estimate of drug-likeness (QED) is 0.211. The zero-order chi connectivity index (χ0) is 26.8. The molecule has 0 spiro atoms. The Kier molecular flexibility index (Phi) is 5.17.